The van der Waals surface area contributed by atoms with Gasteiger partial charge in [0.15, 0.2) is 0 Å². The summed E-state index contributed by atoms with van der Waals surface area (Å²) in [7, 11) is 0. The van der Waals surface area contributed by atoms with Crippen LogP contribution in [0.4, 0.5) is 0 Å². The maximum absolute atomic E-state index is 3.68. The van der Waals surface area contributed by atoms with Gasteiger partial charge in [-0.1, -0.05) is 63.2 Å². The molecule has 1 heteroatoms. The molecule has 1 N–H and O–H groups in total. The average molecular weight is 241 g/mol. The van der Waals surface area contributed by atoms with Gasteiger partial charge in [-0.05, 0) is 28.7 Å². The number of benzene rings is 2. The number of hydrogen-bond donors (Lipinski definition) is 1. The van der Waals surface area contributed by atoms with Gasteiger partial charge in [0, 0.05) is 12.6 Å². The summed E-state index contributed by atoms with van der Waals surface area (Å²) in [6, 6.07) is 15.8. The summed E-state index contributed by atoms with van der Waals surface area (Å²) in [5.74, 6) is 0.685. The highest BCUT2D eigenvalue weighted by Gasteiger charge is 2.10. The molecule has 0 aromatic heterocycles. The van der Waals surface area contributed by atoms with E-state index < -0.39 is 0 Å². The molecule has 0 aliphatic heterocycles. The first-order valence-electron chi connectivity index (χ1n) is 6.92. The molecule has 0 aliphatic rings. The molecule has 2 aromatic rings. The number of nitrogens with one attached hydrogen (secondary N) is 1. The normalized spacial score (nSPS) is 13.1. The lowest BCUT2D eigenvalue weighted by atomic mass is 10.0. The molecule has 0 saturated heterocycles. The van der Waals surface area contributed by atoms with Gasteiger partial charge in [0.25, 0.3) is 0 Å². The Morgan fingerprint density at radius 2 is 1.72 bits per heavy atom. The van der Waals surface area contributed by atoms with Crippen LogP contribution in [0.3, 0.4) is 0 Å². The van der Waals surface area contributed by atoms with Crippen molar-refractivity contribution in [1.82, 2.24) is 5.32 Å². The number of hydrogen-bond acceptors (Lipinski definition) is 1. The van der Waals surface area contributed by atoms with E-state index in [-0.39, 0.29) is 0 Å². The predicted molar refractivity (Wildman–Crippen MR) is 79.7 cm³/mol. The van der Waals surface area contributed by atoms with E-state index in [0.29, 0.717) is 12.0 Å². The zero-order valence-corrected chi connectivity index (χ0v) is 11.6. The van der Waals surface area contributed by atoms with E-state index in [1.165, 1.54) is 22.8 Å². The van der Waals surface area contributed by atoms with Crippen LogP contribution >= 0.6 is 0 Å². The topological polar surface area (TPSA) is 12.0 Å². The zero-order valence-electron chi connectivity index (χ0n) is 11.6. The summed E-state index contributed by atoms with van der Waals surface area (Å²) in [5.41, 5.74) is 1.40. The third-order valence-corrected chi connectivity index (χ3v) is 3.68. The van der Waals surface area contributed by atoms with Crippen molar-refractivity contribution >= 4 is 10.8 Å². The molecule has 0 spiro atoms. The predicted octanol–water partition coefficient (Wildman–Crippen LogP) is 4.36. The van der Waals surface area contributed by atoms with Crippen molar-refractivity contribution in [1.29, 1.82) is 0 Å². The third kappa shape index (κ3) is 2.91. The summed E-state index contributed by atoms with van der Waals surface area (Å²) in [4.78, 5) is 0. The van der Waals surface area contributed by atoms with Crippen molar-refractivity contribution in [3.8, 4) is 0 Å². The molecule has 18 heavy (non-hydrogen) atoms. The summed E-state index contributed by atoms with van der Waals surface area (Å²) >= 11 is 0. The van der Waals surface area contributed by atoms with Crippen LogP contribution in [-0.2, 0) is 6.54 Å². The van der Waals surface area contributed by atoms with Gasteiger partial charge in [0.1, 0.15) is 0 Å². The SMILES string of the molecule is CCC(NCc1cccc2ccccc12)C(C)C. The minimum Gasteiger partial charge on any atom is -0.310 e. The maximum atomic E-state index is 3.68. The summed E-state index contributed by atoms with van der Waals surface area (Å²) < 4.78 is 0. The fourth-order valence-corrected chi connectivity index (χ4v) is 2.54. The van der Waals surface area contributed by atoms with Crippen LogP contribution in [0.1, 0.15) is 32.8 Å². The second kappa shape index (κ2) is 6.01. The highest BCUT2D eigenvalue weighted by molar-refractivity contribution is 5.85. The first-order valence-corrected chi connectivity index (χ1v) is 6.92. The van der Waals surface area contributed by atoms with Crippen molar-refractivity contribution in [2.75, 3.05) is 0 Å². The lowest BCUT2D eigenvalue weighted by Gasteiger charge is -2.21. The highest BCUT2D eigenvalue weighted by Crippen LogP contribution is 2.18. The van der Waals surface area contributed by atoms with Gasteiger partial charge in [-0.2, -0.15) is 0 Å². The van der Waals surface area contributed by atoms with Gasteiger partial charge < -0.3 is 5.32 Å². The molecule has 0 saturated carbocycles. The molecule has 0 heterocycles. The number of fused-ring (bicyclic) bond motifs is 1. The minimum absolute atomic E-state index is 0.601. The van der Waals surface area contributed by atoms with E-state index >= 15 is 0 Å². The molecule has 0 fully saturated rings. The standard InChI is InChI=1S/C17H23N/c1-4-17(13(2)3)18-12-15-10-7-9-14-8-5-6-11-16(14)15/h5-11,13,17-18H,4,12H2,1-3H3. The van der Waals surface area contributed by atoms with Gasteiger partial charge in [-0.15, -0.1) is 0 Å². The molecule has 0 bridgehead atoms. The fraction of sp³-hybridized carbons (Fsp3) is 0.412. The molecule has 0 aliphatic carbocycles. The Kier molecular flexibility index (Phi) is 4.38. The van der Waals surface area contributed by atoms with Gasteiger partial charge in [0.2, 0.25) is 0 Å². The van der Waals surface area contributed by atoms with E-state index in [9.17, 15) is 0 Å². The van der Waals surface area contributed by atoms with Crippen LogP contribution in [0.25, 0.3) is 10.8 Å². The van der Waals surface area contributed by atoms with Crippen molar-refractivity contribution in [3.05, 3.63) is 48.0 Å². The lowest BCUT2D eigenvalue weighted by molar-refractivity contribution is 0.388. The van der Waals surface area contributed by atoms with E-state index in [1.807, 2.05) is 0 Å². The van der Waals surface area contributed by atoms with E-state index in [2.05, 4.69) is 68.6 Å². The van der Waals surface area contributed by atoms with Crippen molar-refractivity contribution in [3.63, 3.8) is 0 Å². The molecular weight excluding hydrogens is 218 g/mol. The second-order valence-corrected chi connectivity index (χ2v) is 5.28. The van der Waals surface area contributed by atoms with Crippen LogP contribution in [-0.4, -0.2) is 6.04 Å². The Balaban J connectivity index is 2.17. The first kappa shape index (κ1) is 13.1. The van der Waals surface area contributed by atoms with Crippen LogP contribution < -0.4 is 5.32 Å². The Labute approximate surface area is 110 Å². The quantitative estimate of drug-likeness (QED) is 0.820. The molecule has 1 nitrogen and oxygen atoms in total. The molecule has 2 rings (SSSR count). The smallest absolute Gasteiger partial charge is 0.0214 e. The van der Waals surface area contributed by atoms with Crippen molar-refractivity contribution in [2.24, 2.45) is 5.92 Å². The highest BCUT2D eigenvalue weighted by atomic mass is 14.9. The zero-order chi connectivity index (χ0) is 13.0. The molecule has 0 radical (unpaired) electrons. The minimum atomic E-state index is 0.601. The summed E-state index contributed by atoms with van der Waals surface area (Å²) in [6.07, 6.45) is 1.18. The summed E-state index contributed by atoms with van der Waals surface area (Å²) in [5, 5.41) is 6.37. The summed E-state index contributed by atoms with van der Waals surface area (Å²) in [6.45, 7) is 7.77. The number of rotatable bonds is 5. The van der Waals surface area contributed by atoms with E-state index in [0.717, 1.165) is 6.54 Å². The Morgan fingerprint density at radius 1 is 1.00 bits per heavy atom. The Morgan fingerprint density at radius 3 is 2.44 bits per heavy atom. The van der Waals surface area contributed by atoms with Crippen LogP contribution in [0.2, 0.25) is 0 Å². The lowest BCUT2D eigenvalue weighted by Crippen LogP contribution is -2.32. The monoisotopic (exact) mass is 241 g/mol. The van der Waals surface area contributed by atoms with Gasteiger partial charge in [-0.25, -0.2) is 0 Å². The van der Waals surface area contributed by atoms with Crippen LogP contribution in [0, 0.1) is 5.92 Å². The molecular formula is C17H23N. The molecule has 96 valence electrons. The average Bonchev–Trinajstić information content (AvgIpc) is 2.39. The van der Waals surface area contributed by atoms with Crippen molar-refractivity contribution in [2.45, 2.75) is 39.8 Å². The van der Waals surface area contributed by atoms with E-state index in [4.69, 9.17) is 0 Å². The molecule has 1 unspecified atom stereocenters. The van der Waals surface area contributed by atoms with E-state index in [1.54, 1.807) is 0 Å². The van der Waals surface area contributed by atoms with Gasteiger partial charge >= 0.3 is 0 Å². The second-order valence-electron chi connectivity index (χ2n) is 5.28. The molecule has 2 aromatic carbocycles. The van der Waals surface area contributed by atoms with Crippen LogP contribution in [0.5, 0.6) is 0 Å². The Hall–Kier alpha value is -1.34. The Bertz CT molecular complexity index is 496. The van der Waals surface area contributed by atoms with Gasteiger partial charge in [-0.3, -0.25) is 0 Å². The van der Waals surface area contributed by atoms with Crippen molar-refractivity contribution < 1.29 is 0 Å². The molecule has 1 atom stereocenters. The maximum Gasteiger partial charge on any atom is 0.0214 e. The third-order valence-electron chi connectivity index (χ3n) is 3.68. The largest absolute Gasteiger partial charge is 0.310 e. The first-order chi connectivity index (χ1) is 8.72. The van der Waals surface area contributed by atoms with Gasteiger partial charge in [0.05, 0.1) is 0 Å². The fourth-order valence-electron chi connectivity index (χ4n) is 2.54. The molecule has 0 amide bonds. The van der Waals surface area contributed by atoms with Crippen LogP contribution in [0.15, 0.2) is 42.5 Å².